The quantitative estimate of drug-likeness (QED) is 0.677. The number of aliphatic hydroxyl groups is 1. The van der Waals surface area contributed by atoms with Crippen LogP contribution in [0.5, 0.6) is 0 Å². The minimum atomic E-state index is -0.397. The zero-order chi connectivity index (χ0) is 14.0. The van der Waals surface area contributed by atoms with Gasteiger partial charge in [-0.15, -0.1) is 0 Å². The van der Waals surface area contributed by atoms with Crippen molar-refractivity contribution in [2.24, 2.45) is 5.41 Å². The van der Waals surface area contributed by atoms with Crippen molar-refractivity contribution in [1.82, 2.24) is 10.6 Å². The number of carbonyl (C=O) groups is 1. The molecular weight excluding hydrogens is 244 g/mol. The van der Waals surface area contributed by atoms with Gasteiger partial charge in [-0.2, -0.15) is 0 Å². The molecule has 4 unspecified atom stereocenters. The average molecular weight is 270 g/mol. The lowest BCUT2D eigenvalue weighted by atomic mass is 9.58. The Morgan fingerprint density at radius 3 is 2.58 bits per heavy atom. The Balaban J connectivity index is 1.94. The first-order valence-corrected chi connectivity index (χ1v) is 7.32. The summed E-state index contributed by atoms with van der Waals surface area (Å²) in [5.41, 5.74) is 0.0711. The summed E-state index contributed by atoms with van der Waals surface area (Å²) in [5, 5.41) is 15.7. The lowest BCUT2D eigenvalue weighted by Crippen LogP contribution is -2.65. The molecule has 1 saturated carbocycles. The standard InChI is InChI=1S/C14H26N2O3/c1-4-14(5-2)11(7-12(14)19-3)16-13(18)10-6-9(17)8-15-10/h9-12,15,17H,4-8H2,1-3H3,(H,16,18). The number of amides is 1. The summed E-state index contributed by atoms with van der Waals surface area (Å²) in [5.74, 6) is 0.0161. The SMILES string of the molecule is CCC1(CC)C(NC(=O)C2CC(O)CN2)CC1OC. The number of nitrogens with one attached hydrogen (secondary N) is 2. The van der Waals surface area contributed by atoms with Crippen LogP contribution < -0.4 is 10.6 Å². The number of β-amino-alcohol motifs (C(OH)–C–C–N with tert-alkyl or cyclic N) is 1. The molecule has 5 heteroatoms. The molecule has 0 aromatic heterocycles. The lowest BCUT2D eigenvalue weighted by molar-refractivity contribution is -0.142. The number of hydrogen-bond donors (Lipinski definition) is 3. The van der Waals surface area contributed by atoms with Gasteiger partial charge in [-0.1, -0.05) is 13.8 Å². The van der Waals surface area contributed by atoms with E-state index in [4.69, 9.17) is 4.74 Å². The fraction of sp³-hybridized carbons (Fsp3) is 0.929. The first-order valence-electron chi connectivity index (χ1n) is 7.32. The molecule has 110 valence electrons. The van der Waals surface area contributed by atoms with Gasteiger partial charge in [0.05, 0.1) is 18.2 Å². The highest BCUT2D eigenvalue weighted by Gasteiger charge is 2.53. The largest absolute Gasteiger partial charge is 0.392 e. The van der Waals surface area contributed by atoms with Gasteiger partial charge < -0.3 is 20.5 Å². The van der Waals surface area contributed by atoms with Crippen LogP contribution in [0.4, 0.5) is 0 Å². The van der Waals surface area contributed by atoms with Gasteiger partial charge in [-0.3, -0.25) is 4.79 Å². The predicted molar refractivity (Wildman–Crippen MR) is 72.8 cm³/mol. The number of methoxy groups -OCH3 is 1. The monoisotopic (exact) mass is 270 g/mol. The maximum atomic E-state index is 12.2. The van der Waals surface area contributed by atoms with Crippen molar-refractivity contribution in [3.05, 3.63) is 0 Å². The van der Waals surface area contributed by atoms with Crippen molar-refractivity contribution in [2.45, 2.75) is 63.8 Å². The first kappa shape index (κ1) is 14.8. The highest BCUT2D eigenvalue weighted by molar-refractivity contribution is 5.82. The Morgan fingerprint density at radius 1 is 1.42 bits per heavy atom. The van der Waals surface area contributed by atoms with E-state index in [1.165, 1.54) is 0 Å². The molecule has 0 radical (unpaired) electrons. The Labute approximate surface area is 115 Å². The molecule has 0 bridgehead atoms. The molecule has 4 atom stereocenters. The summed E-state index contributed by atoms with van der Waals surface area (Å²) in [6.45, 7) is 4.83. The van der Waals surface area contributed by atoms with E-state index in [0.717, 1.165) is 19.3 Å². The van der Waals surface area contributed by atoms with Crippen molar-refractivity contribution in [1.29, 1.82) is 0 Å². The van der Waals surface area contributed by atoms with E-state index in [0.29, 0.717) is 13.0 Å². The molecule has 1 saturated heterocycles. The molecule has 2 aliphatic rings. The molecule has 1 amide bonds. The van der Waals surface area contributed by atoms with Crippen LogP contribution in [0.2, 0.25) is 0 Å². The summed E-state index contributed by atoms with van der Waals surface area (Å²) in [6, 6.07) is -0.0532. The van der Waals surface area contributed by atoms with Crippen LogP contribution in [0.3, 0.4) is 0 Å². The Bertz CT molecular complexity index is 331. The number of hydrogen-bond acceptors (Lipinski definition) is 4. The predicted octanol–water partition coefficient (Wildman–Crippen LogP) is 0.419. The maximum absolute atomic E-state index is 12.2. The molecule has 0 aromatic rings. The minimum Gasteiger partial charge on any atom is -0.392 e. The van der Waals surface area contributed by atoms with Crippen LogP contribution in [0.25, 0.3) is 0 Å². The lowest BCUT2D eigenvalue weighted by Gasteiger charge is -2.55. The third-order valence-electron chi connectivity index (χ3n) is 5.13. The zero-order valence-corrected chi connectivity index (χ0v) is 12.1. The molecule has 1 aliphatic heterocycles. The van der Waals surface area contributed by atoms with Gasteiger partial charge >= 0.3 is 0 Å². The van der Waals surface area contributed by atoms with Gasteiger partial charge in [0.25, 0.3) is 0 Å². The second kappa shape index (κ2) is 5.77. The molecule has 19 heavy (non-hydrogen) atoms. The fourth-order valence-electron chi connectivity index (χ4n) is 3.67. The zero-order valence-electron chi connectivity index (χ0n) is 12.1. The molecule has 5 nitrogen and oxygen atoms in total. The number of ether oxygens (including phenoxy) is 1. The second-order valence-corrected chi connectivity index (χ2v) is 5.81. The topological polar surface area (TPSA) is 70.6 Å². The molecule has 0 aromatic carbocycles. The summed E-state index contributed by atoms with van der Waals surface area (Å²) >= 11 is 0. The Morgan fingerprint density at radius 2 is 2.11 bits per heavy atom. The summed E-state index contributed by atoms with van der Waals surface area (Å²) < 4.78 is 5.53. The molecule has 2 rings (SSSR count). The number of carbonyl (C=O) groups excluding carboxylic acids is 1. The Hall–Kier alpha value is -0.650. The molecule has 2 fully saturated rings. The van der Waals surface area contributed by atoms with Crippen LogP contribution in [-0.2, 0) is 9.53 Å². The summed E-state index contributed by atoms with van der Waals surface area (Å²) in [4.78, 5) is 12.2. The van der Waals surface area contributed by atoms with E-state index in [1.807, 2.05) is 0 Å². The van der Waals surface area contributed by atoms with E-state index in [9.17, 15) is 9.90 Å². The number of aliphatic hydroxyl groups excluding tert-OH is 1. The van der Waals surface area contributed by atoms with Crippen molar-refractivity contribution in [3.8, 4) is 0 Å². The van der Waals surface area contributed by atoms with Crippen LogP contribution >= 0.6 is 0 Å². The van der Waals surface area contributed by atoms with Crippen LogP contribution in [0.15, 0.2) is 0 Å². The molecule has 0 spiro atoms. The maximum Gasteiger partial charge on any atom is 0.237 e. The fourth-order valence-corrected chi connectivity index (χ4v) is 3.67. The van der Waals surface area contributed by atoms with E-state index in [1.54, 1.807) is 7.11 Å². The van der Waals surface area contributed by atoms with E-state index in [2.05, 4.69) is 24.5 Å². The van der Waals surface area contributed by atoms with Gasteiger partial charge in [-0.25, -0.2) is 0 Å². The highest BCUT2D eigenvalue weighted by atomic mass is 16.5. The van der Waals surface area contributed by atoms with Crippen LogP contribution in [0.1, 0.15) is 39.5 Å². The number of rotatable bonds is 5. The Kier molecular flexibility index (Phi) is 4.48. The van der Waals surface area contributed by atoms with Gasteiger partial charge in [-0.05, 0) is 25.7 Å². The second-order valence-electron chi connectivity index (χ2n) is 5.81. The van der Waals surface area contributed by atoms with Gasteiger partial charge in [0.2, 0.25) is 5.91 Å². The smallest absolute Gasteiger partial charge is 0.237 e. The van der Waals surface area contributed by atoms with E-state index < -0.39 is 6.10 Å². The molecule has 1 aliphatic carbocycles. The third kappa shape index (κ3) is 2.51. The molecule has 3 N–H and O–H groups in total. The minimum absolute atomic E-state index is 0.0161. The van der Waals surface area contributed by atoms with Crippen molar-refractivity contribution >= 4 is 5.91 Å². The van der Waals surface area contributed by atoms with Crippen LogP contribution in [0, 0.1) is 5.41 Å². The first-order chi connectivity index (χ1) is 9.07. The van der Waals surface area contributed by atoms with Crippen molar-refractivity contribution in [2.75, 3.05) is 13.7 Å². The van der Waals surface area contributed by atoms with Gasteiger partial charge in [0.1, 0.15) is 0 Å². The van der Waals surface area contributed by atoms with Gasteiger partial charge in [0.15, 0.2) is 0 Å². The normalized spacial score (nSPS) is 36.8. The summed E-state index contributed by atoms with van der Waals surface area (Å²) in [7, 11) is 1.75. The molecule has 1 heterocycles. The van der Waals surface area contributed by atoms with E-state index >= 15 is 0 Å². The van der Waals surface area contributed by atoms with E-state index in [-0.39, 0.29) is 29.5 Å². The average Bonchev–Trinajstić information content (AvgIpc) is 2.82. The van der Waals surface area contributed by atoms with Crippen molar-refractivity contribution in [3.63, 3.8) is 0 Å². The van der Waals surface area contributed by atoms with Crippen molar-refractivity contribution < 1.29 is 14.6 Å². The molecular formula is C14H26N2O3. The highest BCUT2D eigenvalue weighted by Crippen LogP contribution is 2.48. The third-order valence-corrected chi connectivity index (χ3v) is 5.13. The summed E-state index contributed by atoms with van der Waals surface area (Å²) in [6.07, 6.45) is 3.26. The van der Waals surface area contributed by atoms with Crippen LogP contribution in [-0.4, -0.2) is 49.0 Å². The van der Waals surface area contributed by atoms with Gasteiger partial charge in [0, 0.05) is 25.1 Å².